The van der Waals surface area contributed by atoms with Gasteiger partial charge in [0.25, 0.3) is 0 Å². The number of carboxylic acids is 1. The van der Waals surface area contributed by atoms with Crippen molar-refractivity contribution in [1.82, 2.24) is 4.98 Å². The predicted molar refractivity (Wildman–Crippen MR) is 59.2 cm³/mol. The van der Waals surface area contributed by atoms with Crippen LogP contribution in [0.25, 0.3) is 10.9 Å². The molecule has 1 aromatic carbocycles. The molecule has 0 radical (unpaired) electrons. The topological polar surface area (TPSA) is 94.7 Å². The molecule has 3 rings (SSSR count). The largest absolute Gasteiger partial charge is 0.478 e. The first kappa shape index (κ1) is 9.71. The van der Waals surface area contributed by atoms with Crippen molar-refractivity contribution in [2.75, 3.05) is 12.5 Å². The number of aromatic nitrogens is 1. The van der Waals surface area contributed by atoms with Crippen LogP contribution in [0.4, 0.5) is 5.82 Å². The van der Waals surface area contributed by atoms with Crippen molar-refractivity contribution in [3.05, 3.63) is 23.8 Å². The highest BCUT2D eigenvalue weighted by Crippen LogP contribution is 2.36. The lowest BCUT2D eigenvalue weighted by Gasteiger charge is -2.04. The number of rotatable bonds is 1. The number of fused-ring (bicyclic) bond motifs is 2. The minimum atomic E-state index is -1.10. The molecule has 17 heavy (non-hydrogen) atoms. The van der Waals surface area contributed by atoms with Gasteiger partial charge in [-0.1, -0.05) is 0 Å². The van der Waals surface area contributed by atoms with Gasteiger partial charge in [0.1, 0.15) is 11.4 Å². The van der Waals surface area contributed by atoms with E-state index in [1.165, 1.54) is 6.07 Å². The van der Waals surface area contributed by atoms with Crippen molar-refractivity contribution >= 4 is 22.7 Å². The molecular formula is C11H8N2O4. The number of carboxylic acid groups (broad SMARTS) is 1. The zero-order valence-corrected chi connectivity index (χ0v) is 8.64. The second-order valence-corrected chi connectivity index (χ2v) is 3.62. The van der Waals surface area contributed by atoms with Gasteiger partial charge in [0.2, 0.25) is 6.79 Å². The summed E-state index contributed by atoms with van der Waals surface area (Å²) in [6.45, 7) is 0.160. The van der Waals surface area contributed by atoms with Crippen molar-refractivity contribution in [2.24, 2.45) is 0 Å². The quantitative estimate of drug-likeness (QED) is 0.768. The van der Waals surface area contributed by atoms with Gasteiger partial charge in [0, 0.05) is 11.5 Å². The molecule has 1 aliphatic rings. The SMILES string of the molecule is Nc1nc2cc3c(cc2cc1C(=O)O)OCO3. The summed E-state index contributed by atoms with van der Waals surface area (Å²) in [4.78, 5) is 15.0. The van der Waals surface area contributed by atoms with E-state index in [2.05, 4.69) is 4.98 Å². The first-order valence-electron chi connectivity index (χ1n) is 4.88. The Balaban J connectivity index is 2.29. The van der Waals surface area contributed by atoms with Gasteiger partial charge in [-0.3, -0.25) is 0 Å². The maximum Gasteiger partial charge on any atom is 0.339 e. The summed E-state index contributed by atoms with van der Waals surface area (Å²) in [5.41, 5.74) is 6.13. The monoisotopic (exact) mass is 232 g/mol. The van der Waals surface area contributed by atoms with Gasteiger partial charge in [0.05, 0.1) is 5.52 Å². The highest BCUT2D eigenvalue weighted by atomic mass is 16.7. The van der Waals surface area contributed by atoms with Crippen molar-refractivity contribution in [1.29, 1.82) is 0 Å². The molecule has 0 saturated carbocycles. The molecule has 1 aliphatic heterocycles. The minimum absolute atomic E-state index is 0.0103. The first-order chi connectivity index (χ1) is 8.15. The number of nitrogens with two attached hydrogens (primary N) is 1. The zero-order valence-electron chi connectivity index (χ0n) is 8.64. The second kappa shape index (κ2) is 3.24. The van der Waals surface area contributed by atoms with E-state index in [1.54, 1.807) is 12.1 Å². The lowest BCUT2D eigenvalue weighted by Crippen LogP contribution is -2.04. The Bertz CT molecular complexity index is 639. The van der Waals surface area contributed by atoms with Gasteiger partial charge in [-0.2, -0.15) is 0 Å². The lowest BCUT2D eigenvalue weighted by atomic mass is 10.1. The molecule has 0 spiro atoms. The molecule has 86 valence electrons. The average molecular weight is 232 g/mol. The normalized spacial score (nSPS) is 12.9. The molecule has 0 aliphatic carbocycles. The van der Waals surface area contributed by atoms with E-state index >= 15 is 0 Å². The number of nitrogen functional groups attached to an aromatic ring is 1. The summed E-state index contributed by atoms with van der Waals surface area (Å²) in [6.07, 6.45) is 0. The number of carbonyl (C=O) groups is 1. The molecule has 0 bridgehead atoms. The second-order valence-electron chi connectivity index (χ2n) is 3.62. The average Bonchev–Trinajstić information content (AvgIpc) is 2.71. The van der Waals surface area contributed by atoms with Crippen molar-refractivity contribution in [2.45, 2.75) is 0 Å². The highest BCUT2D eigenvalue weighted by molar-refractivity contribution is 5.98. The van der Waals surface area contributed by atoms with E-state index in [-0.39, 0.29) is 18.2 Å². The first-order valence-corrected chi connectivity index (χ1v) is 4.88. The molecule has 2 heterocycles. The van der Waals surface area contributed by atoms with Crippen molar-refractivity contribution < 1.29 is 19.4 Å². The van der Waals surface area contributed by atoms with Gasteiger partial charge >= 0.3 is 5.97 Å². The van der Waals surface area contributed by atoms with Crippen LogP contribution >= 0.6 is 0 Å². The molecular weight excluding hydrogens is 224 g/mol. The third-order valence-corrected chi connectivity index (χ3v) is 2.57. The molecule has 3 N–H and O–H groups in total. The fraction of sp³-hybridized carbons (Fsp3) is 0.0909. The fourth-order valence-corrected chi connectivity index (χ4v) is 1.75. The number of ether oxygens (including phenoxy) is 2. The van der Waals surface area contributed by atoms with E-state index in [0.717, 1.165) is 0 Å². The van der Waals surface area contributed by atoms with Crippen LogP contribution in [0.2, 0.25) is 0 Å². The number of aromatic carboxylic acids is 1. The molecule has 0 atom stereocenters. The van der Waals surface area contributed by atoms with E-state index in [9.17, 15) is 4.79 Å². The third-order valence-electron chi connectivity index (χ3n) is 2.57. The summed E-state index contributed by atoms with van der Waals surface area (Å²) in [6, 6.07) is 4.85. The van der Waals surface area contributed by atoms with Gasteiger partial charge in [-0.25, -0.2) is 9.78 Å². The molecule has 0 amide bonds. The minimum Gasteiger partial charge on any atom is -0.478 e. The maximum atomic E-state index is 10.9. The number of nitrogens with zero attached hydrogens (tertiary/aromatic N) is 1. The summed E-state index contributed by atoms with van der Waals surface area (Å²) in [7, 11) is 0. The van der Waals surface area contributed by atoms with Crippen molar-refractivity contribution in [3.8, 4) is 11.5 Å². The smallest absolute Gasteiger partial charge is 0.339 e. The maximum absolute atomic E-state index is 10.9. The third kappa shape index (κ3) is 1.42. The molecule has 0 fully saturated rings. The number of hydrogen-bond acceptors (Lipinski definition) is 5. The Morgan fingerprint density at radius 1 is 1.29 bits per heavy atom. The van der Waals surface area contributed by atoms with Crippen LogP contribution in [-0.2, 0) is 0 Å². The Morgan fingerprint density at radius 3 is 2.71 bits per heavy atom. The van der Waals surface area contributed by atoms with Crippen LogP contribution in [0, 0.1) is 0 Å². The van der Waals surface area contributed by atoms with Crippen LogP contribution < -0.4 is 15.2 Å². The standard InChI is InChI=1S/C11H8N2O4/c12-10-6(11(14)15)1-5-2-8-9(17-4-16-8)3-7(5)13-10/h1-3H,4H2,(H2,12,13)(H,14,15). The van der Waals surface area contributed by atoms with E-state index < -0.39 is 5.97 Å². The van der Waals surface area contributed by atoms with Gasteiger partial charge in [-0.15, -0.1) is 0 Å². The summed E-state index contributed by atoms with van der Waals surface area (Å²) in [5, 5.41) is 9.60. The van der Waals surface area contributed by atoms with Gasteiger partial charge in [-0.05, 0) is 12.1 Å². The van der Waals surface area contributed by atoms with Crippen LogP contribution in [0.5, 0.6) is 11.5 Å². The van der Waals surface area contributed by atoms with E-state index in [4.69, 9.17) is 20.3 Å². The van der Waals surface area contributed by atoms with E-state index in [0.29, 0.717) is 22.4 Å². The molecule has 1 aromatic heterocycles. The number of hydrogen-bond donors (Lipinski definition) is 2. The summed E-state index contributed by atoms with van der Waals surface area (Å²) >= 11 is 0. The molecule has 2 aromatic rings. The summed E-state index contributed by atoms with van der Waals surface area (Å²) < 4.78 is 10.4. The van der Waals surface area contributed by atoms with Crippen LogP contribution in [-0.4, -0.2) is 22.9 Å². The number of pyridine rings is 1. The Labute approximate surface area is 95.6 Å². The molecule has 6 heteroatoms. The highest BCUT2D eigenvalue weighted by Gasteiger charge is 2.17. The Hall–Kier alpha value is -2.50. The fourth-order valence-electron chi connectivity index (χ4n) is 1.75. The molecule has 6 nitrogen and oxygen atoms in total. The Morgan fingerprint density at radius 2 is 2.00 bits per heavy atom. The summed E-state index contributed by atoms with van der Waals surface area (Å²) in [5.74, 6) is 0.0614. The predicted octanol–water partition coefficient (Wildman–Crippen LogP) is 1.24. The number of anilines is 1. The van der Waals surface area contributed by atoms with Gasteiger partial charge in [0.15, 0.2) is 11.5 Å². The zero-order chi connectivity index (χ0) is 12.0. The van der Waals surface area contributed by atoms with Crippen molar-refractivity contribution in [3.63, 3.8) is 0 Å². The van der Waals surface area contributed by atoms with Gasteiger partial charge < -0.3 is 20.3 Å². The lowest BCUT2D eigenvalue weighted by molar-refractivity contribution is 0.0698. The molecule has 0 unspecified atom stereocenters. The van der Waals surface area contributed by atoms with Crippen LogP contribution in [0.15, 0.2) is 18.2 Å². The Kier molecular flexibility index (Phi) is 1.85. The van der Waals surface area contributed by atoms with Crippen LogP contribution in [0.1, 0.15) is 10.4 Å². The number of benzene rings is 1. The van der Waals surface area contributed by atoms with E-state index in [1.807, 2.05) is 0 Å². The molecule has 0 saturated heterocycles. The van der Waals surface area contributed by atoms with Crippen LogP contribution in [0.3, 0.4) is 0 Å².